The molecule has 0 saturated heterocycles. The molecule has 0 bridgehead atoms. The first-order valence-electron chi connectivity index (χ1n) is 3.56. The summed E-state index contributed by atoms with van der Waals surface area (Å²) in [6.45, 7) is 0. The maximum Gasteiger partial charge on any atom is 0.357 e. The lowest BCUT2D eigenvalue weighted by Crippen LogP contribution is -1.99. The van der Waals surface area contributed by atoms with E-state index in [1.165, 1.54) is 0 Å². The van der Waals surface area contributed by atoms with Crippen LogP contribution in [-0.4, -0.2) is 20.5 Å². The first-order valence-corrected chi connectivity index (χ1v) is 4.64. The molecule has 2 heterocycles. The Morgan fingerprint density at radius 2 is 2.31 bits per heavy atom. The highest BCUT2D eigenvalue weighted by atomic mass is 127. The predicted octanol–water partition coefficient (Wildman–Crippen LogP) is 1.64. The number of carboxylic acids is 1. The summed E-state index contributed by atoms with van der Waals surface area (Å²) in [7, 11) is 0. The number of aromatic carboxylic acids is 1. The molecule has 1 N–H and O–H groups in total. The van der Waals surface area contributed by atoms with Crippen molar-refractivity contribution in [2.45, 2.75) is 0 Å². The second-order valence-corrected chi connectivity index (χ2v) is 3.51. The van der Waals surface area contributed by atoms with Gasteiger partial charge >= 0.3 is 5.97 Å². The lowest BCUT2D eigenvalue weighted by atomic mass is 10.5. The summed E-state index contributed by atoms with van der Waals surface area (Å²) in [4.78, 5) is 14.7. The molecule has 0 saturated carbocycles. The first-order chi connectivity index (χ1) is 6.20. The molecule has 0 aliphatic carbocycles. The molecule has 0 spiro atoms. The Balaban J connectivity index is 2.81. The number of aromatic nitrogens is 2. The minimum absolute atomic E-state index is 0.104. The van der Waals surface area contributed by atoms with Crippen molar-refractivity contribution < 1.29 is 9.90 Å². The number of carboxylic acid groups (broad SMARTS) is 1. The van der Waals surface area contributed by atoms with Crippen molar-refractivity contribution in [2.24, 2.45) is 0 Å². The standard InChI is InChI=1S/C8H5IN2O2/c9-7-6(8(12)13)10-5-3-1-2-4-11(5)7/h1-4H,(H,12,13). The van der Waals surface area contributed by atoms with E-state index in [4.69, 9.17) is 5.11 Å². The molecule has 0 aromatic carbocycles. The summed E-state index contributed by atoms with van der Waals surface area (Å²) in [6.07, 6.45) is 1.79. The number of fused-ring (bicyclic) bond motifs is 1. The van der Waals surface area contributed by atoms with Crippen molar-refractivity contribution in [3.05, 3.63) is 33.8 Å². The number of hydrogen-bond acceptors (Lipinski definition) is 2. The Morgan fingerprint density at radius 3 is 2.92 bits per heavy atom. The lowest BCUT2D eigenvalue weighted by molar-refractivity contribution is 0.0690. The van der Waals surface area contributed by atoms with Gasteiger partial charge in [0.25, 0.3) is 0 Å². The van der Waals surface area contributed by atoms with Crippen molar-refractivity contribution in [1.82, 2.24) is 9.38 Å². The average Bonchev–Trinajstić information content (AvgIpc) is 2.45. The highest BCUT2D eigenvalue weighted by molar-refractivity contribution is 14.1. The minimum atomic E-state index is -0.992. The average molecular weight is 288 g/mol. The van der Waals surface area contributed by atoms with Gasteiger partial charge in [0.1, 0.15) is 9.35 Å². The van der Waals surface area contributed by atoms with Crippen LogP contribution in [0.25, 0.3) is 5.65 Å². The second kappa shape index (κ2) is 2.99. The first kappa shape index (κ1) is 8.49. The van der Waals surface area contributed by atoms with Crippen LogP contribution in [0.5, 0.6) is 0 Å². The highest BCUT2D eigenvalue weighted by Crippen LogP contribution is 2.14. The molecule has 0 atom stereocenters. The highest BCUT2D eigenvalue weighted by Gasteiger charge is 2.14. The third kappa shape index (κ3) is 1.28. The molecule has 13 heavy (non-hydrogen) atoms. The van der Waals surface area contributed by atoms with Crippen LogP contribution in [0.2, 0.25) is 0 Å². The van der Waals surface area contributed by atoms with Crippen LogP contribution in [0.3, 0.4) is 0 Å². The molecule has 2 rings (SSSR count). The van der Waals surface area contributed by atoms with E-state index < -0.39 is 5.97 Å². The van der Waals surface area contributed by atoms with Gasteiger partial charge in [0.05, 0.1) is 0 Å². The molecule has 0 radical (unpaired) electrons. The fourth-order valence-corrected chi connectivity index (χ4v) is 1.86. The Bertz CT molecular complexity index is 478. The summed E-state index contributed by atoms with van der Waals surface area (Å²) in [5.74, 6) is -0.992. The third-order valence-electron chi connectivity index (χ3n) is 1.67. The zero-order valence-electron chi connectivity index (χ0n) is 6.44. The molecule has 0 aliphatic rings. The van der Waals surface area contributed by atoms with E-state index in [1.807, 2.05) is 34.7 Å². The monoisotopic (exact) mass is 288 g/mol. The third-order valence-corrected chi connectivity index (χ3v) is 2.70. The van der Waals surface area contributed by atoms with Crippen molar-refractivity contribution in [3.8, 4) is 0 Å². The minimum Gasteiger partial charge on any atom is -0.476 e. The van der Waals surface area contributed by atoms with Crippen LogP contribution >= 0.6 is 22.6 Å². The van der Waals surface area contributed by atoms with Crippen molar-refractivity contribution in [3.63, 3.8) is 0 Å². The Kier molecular flexibility index (Phi) is 1.95. The molecule has 5 heteroatoms. The Morgan fingerprint density at radius 1 is 1.54 bits per heavy atom. The SMILES string of the molecule is O=C(O)c1nc2ccccn2c1I. The largest absolute Gasteiger partial charge is 0.476 e. The van der Waals surface area contributed by atoms with Gasteiger partial charge in [0.15, 0.2) is 5.69 Å². The van der Waals surface area contributed by atoms with Crippen LogP contribution in [0, 0.1) is 3.70 Å². The number of hydrogen-bond donors (Lipinski definition) is 1. The van der Waals surface area contributed by atoms with Gasteiger partial charge in [0, 0.05) is 6.20 Å². The molecule has 0 aliphatic heterocycles. The van der Waals surface area contributed by atoms with E-state index in [0.29, 0.717) is 9.35 Å². The zero-order chi connectivity index (χ0) is 9.42. The molecule has 66 valence electrons. The van der Waals surface area contributed by atoms with E-state index in [9.17, 15) is 4.79 Å². The Hall–Kier alpha value is -1.11. The molecule has 4 nitrogen and oxygen atoms in total. The summed E-state index contributed by atoms with van der Waals surface area (Å²) < 4.78 is 2.37. The van der Waals surface area contributed by atoms with Gasteiger partial charge in [-0.3, -0.25) is 4.40 Å². The van der Waals surface area contributed by atoms with Gasteiger partial charge in [-0.05, 0) is 34.7 Å². The van der Waals surface area contributed by atoms with Crippen molar-refractivity contribution in [2.75, 3.05) is 0 Å². The number of rotatable bonds is 1. The van der Waals surface area contributed by atoms with Gasteiger partial charge in [-0.1, -0.05) is 6.07 Å². The van der Waals surface area contributed by atoms with Gasteiger partial charge in [0.2, 0.25) is 0 Å². The van der Waals surface area contributed by atoms with Crippen LogP contribution in [-0.2, 0) is 0 Å². The number of halogens is 1. The maximum atomic E-state index is 10.7. The van der Waals surface area contributed by atoms with Crippen LogP contribution in [0.4, 0.5) is 0 Å². The fourth-order valence-electron chi connectivity index (χ4n) is 1.10. The predicted molar refractivity (Wildman–Crippen MR) is 54.9 cm³/mol. The van der Waals surface area contributed by atoms with Crippen LogP contribution in [0.1, 0.15) is 10.5 Å². The van der Waals surface area contributed by atoms with E-state index in [1.54, 1.807) is 16.7 Å². The number of pyridine rings is 1. The van der Waals surface area contributed by atoms with Gasteiger partial charge < -0.3 is 5.11 Å². The molecule has 0 fully saturated rings. The topological polar surface area (TPSA) is 54.6 Å². The molecule has 2 aromatic rings. The number of imidazole rings is 1. The van der Waals surface area contributed by atoms with Crippen molar-refractivity contribution in [1.29, 1.82) is 0 Å². The molecular formula is C8H5IN2O2. The Labute approximate surface area is 87.4 Å². The van der Waals surface area contributed by atoms with Crippen LogP contribution < -0.4 is 0 Å². The summed E-state index contributed by atoms with van der Waals surface area (Å²) in [6, 6.07) is 5.43. The van der Waals surface area contributed by atoms with E-state index in [-0.39, 0.29) is 5.69 Å². The number of nitrogens with zero attached hydrogens (tertiary/aromatic N) is 2. The fraction of sp³-hybridized carbons (Fsp3) is 0. The van der Waals surface area contributed by atoms with Crippen molar-refractivity contribution >= 4 is 34.2 Å². The molecule has 0 amide bonds. The van der Waals surface area contributed by atoms with Gasteiger partial charge in [-0.15, -0.1) is 0 Å². The number of carbonyl (C=O) groups is 1. The molecule has 2 aromatic heterocycles. The normalized spacial score (nSPS) is 10.5. The van der Waals surface area contributed by atoms with Gasteiger partial charge in [-0.25, -0.2) is 9.78 Å². The van der Waals surface area contributed by atoms with Crippen LogP contribution in [0.15, 0.2) is 24.4 Å². The van der Waals surface area contributed by atoms with E-state index in [2.05, 4.69) is 4.98 Å². The summed E-state index contributed by atoms with van der Waals surface area (Å²) >= 11 is 1.97. The molecular weight excluding hydrogens is 283 g/mol. The molecule has 0 unspecified atom stereocenters. The van der Waals surface area contributed by atoms with Gasteiger partial charge in [-0.2, -0.15) is 0 Å². The zero-order valence-corrected chi connectivity index (χ0v) is 8.59. The van der Waals surface area contributed by atoms with E-state index in [0.717, 1.165) is 0 Å². The maximum absolute atomic E-state index is 10.7. The summed E-state index contributed by atoms with van der Waals surface area (Å²) in [5.41, 5.74) is 0.760. The second-order valence-electron chi connectivity index (χ2n) is 2.49. The quantitative estimate of drug-likeness (QED) is 0.812. The lowest BCUT2D eigenvalue weighted by Gasteiger charge is -1.91. The summed E-state index contributed by atoms with van der Waals surface area (Å²) in [5, 5.41) is 8.79. The van der Waals surface area contributed by atoms with E-state index >= 15 is 0 Å². The smallest absolute Gasteiger partial charge is 0.357 e.